The van der Waals surface area contributed by atoms with Crippen LogP contribution in [-0.4, -0.2) is 29.3 Å². The van der Waals surface area contributed by atoms with Gasteiger partial charge in [0.1, 0.15) is 17.3 Å². The number of hydrogen-bond donors (Lipinski definition) is 1. The van der Waals surface area contributed by atoms with E-state index in [0.29, 0.717) is 0 Å². The van der Waals surface area contributed by atoms with E-state index in [-0.39, 0.29) is 35.1 Å². The molecule has 1 amide bonds. The highest BCUT2D eigenvalue weighted by atomic mass is 35.5. The first-order valence-electron chi connectivity index (χ1n) is 7.12. The van der Waals surface area contributed by atoms with Crippen molar-refractivity contribution in [2.45, 2.75) is 6.54 Å². The van der Waals surface area contributed by atoms with Crippen LogP contribution in [0.3, 0.4) is 0 Å². The Morgan fingerprint density at radius 3 is 2.64 bits per heavy atom. The first-order chi connectivity index (χ1) is 11.8. The molecule has 0 unspecified atom stereocenters. The van der Waals surface area contributed by atoms with Gasteiger partial charge in [-0.3, -0.25) is 19.8 Å². The van der Waals surface area contributed by atoms with E-state index < -0.39 is 22.5 Å². The summed E-state index contributed by atoms with van der Waals surface area (Å²) in [6.07, 6.45) is 0. The Morgan fingerprint density at radius 1 is 1.28 bits per heavy atom. The van der Waals surface area contributed by atoms with Gasteiger partial charge in [-0.25, -0.2) is 8.78 Å². The Hall–Kier alpha value is -2.58. The fourth-order valence-corrected chi connectivity index (χ4v) is 2.36. The van der Waals surface area contributed by atoms with Gasteiger partial charge in [0.15, 0.2) is 0 Å². The fourth-order valence-electron chi connectivity index (χ4n) is 2.19. The van der Waals surface area contributed by atoms with Crippen molar-refractivity contribution in [3.05, 3.63) is 68.7 Å². The molecule has 1 N–H and O–H groups in total. The van der Waals surface area contributed by atoms with Gasteiger partial charge in [0, 0.05) is 29.3 Å². The summed E-state index contributed by atoms with van der Waals surface area (Å²) in [4.78, 5) is 23.9. The van der Waals surface area contributed by atoms with Gasteiger partial charge < -0.3 is 5.32 Å². The zero-order chi connectivity index (χ0) is 18.6. The molecule has 0 radical (unpaired) electrons. The van der Waals surface area contributed by atoms with Crippen molar-refractivity contribution >= 4 is 28.9 Å². The molecule has 25 heavy (non-hydrogen) atoms. The summed E-state index contributed by atoms with van der Waals surface area (Å²) >= 11 is 5.71. The van der Waals surface area contributed by atoms with Crippen molar-refractivity contribution in [2.24, 2.45) is 0 Å². The van der Waals surface area contributed by atoms with Crippen LogP contribution < -0.4 is 5.32 Å². The Balaban J connectivity index is 2.01. The van der Waals surface area contributed by atoms with E-state index in [4.69, 9.17) is 11.6 Å². The number of halogens is 3. The number of carbonyl (C=O) groups excluding carboxylic acids is 1. The van der Waals surface area contributed by atoms with Crippen LogP contribution in [0, 0.1) is 21.7 Å². The molecule has 2 aromatic carbocycles. The number of nitrogens with zero attached hydrogens (tertiary/aromatic N) is 2. The molecule has 0 aromatic heterocycles. The van der Waals surface area contributed by atoms with E-state index in [9.17, 15) is 23.7 Å². The highest BCUT2D eigenvalue weighted by Crippen LogP contribution is 2.27. The van der Waals surface area contributed by atoms with E-state index in [1.54, 1.807) is 7.05 Å². The van der Waals surface area contributed by atoms with Crippen molar-refractivity contribution in [2.75, 3.05) is 18.9 Å². The monoisotopic (exact) mass is 369 g/mol. The van der Waals surface area contributed by atoms with Crippen LogP contribution in [0.4, 0.5) is 20.2 Å². The Labute approximate surface area is 147 Å². The molecule has 0 aliphatic carbocycles. The molecule has 9 heteroatoms. The number of rotatable bonds is 6. The average molecular weight is 370 g/mol. The highest BCUT2D eigenvalue weighted by molar-refractivity contribution is 6.31. The Bertz CT molecular complexity index is 817. The number of nitro benzene ring substituents is 1. The largest absolute Gasteiger partial charge is 0.319 e. The van der Waals surface area contributed by atoms with Crippen LogP contribution in [0.2, 0.25) is 5.02 Å². The molecule has 0 aliphatic heterocycles. The van der Waals surface area contributed by atoms with E-state index >= 15 is 0 Å². The van der Waals surface area contributed by atoms with Gasteiger partial charge >= 0.3 is 0 Å². The van der Waals surface area contributed by atoms with E-state index in [1.165, 1.54) is 23.1 Å². The minimum atomic E-state index is -0.708. The summed E-state index contributed by atoms with van der Waals surface area (Å²) in [5, 5.41) is 13.6. The molecule has 0 saturated carbocycles. The van der Waals surface area contributed by atoms with Crippen molar-refractivity contribution in [1.82, 2.24) is 4.90 Å². The number of carbonyl (C=O) groups is 1. The van der Waals surface area contributed by atoms with Crippen LogP contribution in [0.15, 0.2) is 36.4 Å². The standard InChI is InChI=1S/C16H14ClF2N3O3/c1-21(8-10-2-4-12(18)7-13(10)19)9-16(23)20-14-5-3-11(17)6-15(14)22(24)25/h2-7H,8-9H2,1H3,(H,20,23). The summed E-state index contributed by atoms with van der Waals surface area (Å²) < 4.78 is 26.5. The Kier molecular flexibility index (Phi) is 6.00. The minimum absolute atomic E-state index is 0.0146. The first-order valence-corrected chi connectivity index (χ1v) is 7.50. The number of nitrogens with one attached hydrogen (secondary N) is 1. The zero-order valence-corrected chi connectivity index (χ0v) is 13.9. The minimum Gasteiger partial charge on any atom is -0.319 e. The third kappa shape index (κ3) is 5.20. The lowest BCUT2D eigenvalue weighted by molar-refractivity contribution is -0.383. The maximum atomic E-state index is 13.6. The van der Waals surface area contributed by atoms with Crippen molar-refractivity contribution in [3.8, 4) is 0 Å². The summed E-state index contributed by atoms with van der Waals surface area (Å²) in [6, 6.07) is 7.07. The molecule has 0 aliphatic rings. The maximum absolute atomic E-state index is 13.6. The van der Waals surface area contributed by atoms with Crippen LogP contribution >= 0.6 is 11.6 Å². The summed E-state index contributed by atoms with van der Waals surface area (Å²) in [7, 11) is 1.57. The molecule has 0 fully saturated rings. The van der Waals surface area contributed by atoms with Crippen molar-refractivity contribution in [1.29, 1.82) is 0 Å². The number of hydrogen-bond acceptors (Lipinski definition) is 4. The fraction of sp³-hybridized carbons (Fsp3) is 0.188. The normalized spacial score (nSPS) is 10.8. The lowest BCUT2D eigenvalue weighted by atomic mass is 10.2. The summed E-state index contributed by atoms with van der Waals surface area (Å²) in [6.45, 7) is -0.0706. The maximum Gasteiger partial charge on any atom is 0.294 e. The van der Waals surface area contributed by atoms with Gasteiger partial charge in [0.2, 0.25) is 5.91 Å². The summed E-state index contributed by atoms with van der Waals surface area (Å²) in [5.41, 5.74) is -0.0805. The highest BCUT2D eigenvalue weighted by Gasteiger charge is 2.17. The van der Waals surface area contributed by atoms with E-state index in [2.05, 4.69) is 5.32 Å². The molecule has 0 spiro atoms. The number of benzene rings is 2. The lowest BCUT2D eigenvalue weighted by Crippen LogP contribution is -2.30. The Morgan fingerprint density at radius 2 is 2.00 bits per heavy atom. The predicted octanol–water partition coefficient (Wildman–Crippen LogP) is 3.60. The molecular weight excluding hydrogens is 356 g/mol. The third-order valence-corrected chi connectivity index (χ3v) is 3.53. The second-order valence-electron chi connectivity index (χ2n) is 5.37. The van der Waals surface area contributed by atoms with Gasteiger partial charge in [-0.05, 0) is 25.2 Å². The molecule has 2 rings (SSSR count). The van der Waals surface area contributed by atoms with Gasteiger partial charge in [-0.1, -0.05) is 17.7 Å². The van der Waals surface area contributed by atoms with Crippen LogP contribution in [0.5, 0.6) is 0 Å². The quantitative estimate of drug-likeness (QED) is 0.623. The van der Waals surface area contributed by atoms with E-state index in [1.807, 2.05) is 0 Å². The molecule has 132 valence electrons. The van der Waals surface area contributed by atoms with Gasteiger partial charge in [-0.2, -0.15) is 0 Å². The van der Waals surface area contributed by atoms with Crippen LogP contribution in [0.25, 0.3) is 0 Å². The van der Waals surface area contributed by atoms with Gasteiger partial charge in [-0.15, -0.1) is 0 Å². The lowest BCUT2D eigenvalue weighted by Gasteiger charge is -2.17. The number of anilines is 1. The summed E-state index contributed by atoms with van der Waals surface area (Å²) in [5.74, 6) is -1.91. The van der Waals surface area contributed by atoms with Gasteiger partial charge in [0.25, 0.3) is 5.69 Å². The molecule has 0 saturated heterocycles. The smallest absolute Gasteiger partial charge is 0.294 e. The second kappa shape index (κ2) is 8.00. The van der Waals surface area contributed by atoms with Crippen LogP contribution in [-0.2, 0) is 11.3 Å². The van der Waals surface area contributed by atoms with Crippen LogP contribution in [0.1, 0.15) is 5.56 Å². The third-order valence-electron chi connectivity index (χ3n) is 3.30. The molecule has 6 nitrogen and oxygen atoms in total. The molecule has 0 atom stereocenters. The molecule has 2 aromatic rings. The molecular formula is C16H14ClF2N3O3. The topological polar surface area (TPSA) is 75.5 Å². The zero-order valence-electron chi connectivity index (χ0n) is 13.1. The number of likely N-dealkylation sites (N-methyl/N-ethyl adjacent to an activating group) is 1. The number of nitro groups is 1. The van der Waals surface area contributed by atoms with E-state index in [0.717, 1.165) is 18.2 Å². The molecule has 0 bridgehead atoms. The second-order valence-corrected chi connectivity index (χ2v) is 5.81. The average Bonchev–Trinajstić information content (AvgIpc) is 2.51. The van der Waals surface area contributed by atoms with Crippen molar-refractivity contribution in [3.63, 3.8) is 0 Å². The number of amides is 1. The van der Waals surface area contributed by atoms with Gasteiger partial charge in [0.05, 0.1) is 11.5 Å². The molecule has 0 heterocycles. The SMILES string of the molecule is CN(CC(=O)Nc1ccc(Cl)cc1[N+](=O)[O-])Cc1ccc(F)cc1F. The predicted molar refractivity (Wildman–Crippen MR) is 89.4 cm³/mol. The first kappa shape index (κ1) is 18.8. The van der Waals surface area contributed by atoms with Crippen molar-refractivity contribution < 1.29 is 18.5 Å².